The fourth-order valence-electron chi connectivity index (χ4n) is 3.52. The van der Waals surface area contributed by atoms with Crippen molar-refractivity contribution in [1.29, 1.82) is 0 Å². The predicted molar refractivity (Wildman–Crippen MR) is 100 cm³/mol. The summed E-state index contributed by atoms with van der Waals surface area (Å²) < 4.78 is 18.6. The van der Waals surface area contributed by atoms with E-state index >= 15 is 0 Å². The van der Waals surface area contributed by atoms with E-state index in [1.165, 1.54) is 63.0 Å². The normalized spacial score (nSPS) is 16.0. The number of halogens is 1. The molecule has 25 heavy (non-hydrogen) atoms. The van der Waals surface area contributed by atoms with Crippen LogP contribution in [0.3, 0.4) is 0 Å². The molecule has 1 aliphatic heterocycles. The minimum Gasteiger partial charge on any atom is -0.494 e. The smallest absolute Gasteiger partial charge is 0.123 e. The lowest BCUT2D eigenvalue weighted by Gasteiger charge is -2.32. The minimum atomic E-state index is -0.216. The first-order chi connectivity index (χ1) is 12.3. The number of hydrogen-bond donors (Lipinski definition) is 0. The molecule has 0 aliphatic carbocycles. The van der Waals surface area contributed by atoms with E-state index in [-0.39, 0.29) is 5.82 Å². The van der Waals surface area contributed by atoms with Gasteiger partial charge in [0.1, 0.15) is 11.6 Å². The SMILES string of the molecule is Fc1ccc(OCCC2CCN(CCCc3ccccc3)CC2)cc1. The molecule has 3 heteroatoms. The predicted octanol–water partition coefficient (Wildman–Crippen LogP) is 4.94. The van der Waals surface area contributed by atoms with Crippen molar-refractivity contribution < 1.29 is 9.13 Å². The largest absolute Gasteiger partial charge is 0.494 e. The van der Waals surface area contributed by atoms with Crippen LogP contribution in [0.1, 0.15) is 31.2 Å². The summed E-state index contributed by atoms with van der Waals surface area (Å²) in [4.78, 5) is 2.60. The van der Waals surface area contributed by atoms with Crippen molar-refractivity contribution in [2.45, 2.75) is 32.1 Å². The van der Waals surface area contributed by atoms with Crippen LogP contribution in [0.4, 0.5) is 4.39 Å². The Hall–Kier alpha value is -1.87. The highest BCUT2D eigenvalue weighted by Crippen LogP contribution is 2.21. The molecule has 3 rings (SSSR count). The highest BCUT2D eigenvalue weighted by atomic mass is 19.1. The average molecular weight is 341 g/mol. The number of rotatable bonds is 8. The number of hydrogen-bond acceptors (Lipinski definition) is 2. The minimum absolute atomic E-state index is 0.216. The molecule has 0 atom stereocenters. The molecule has 1 fully saturated rings. The van der Waals surface area contributed by atoms with Crippen LogP contribution in [0.5, 0.6) is 5.75 Å². The summed E-state index contributed by atoms with van der Waals surface area (Å²) in [6.07, 6.45) is 6.03. The molecule has 2 aromatic carbocycles. The van der Waals surface area contributed by atoms with Crippen molar-refractivity contribution in [3.63, 3.8) is 0 Å². The average Bonchev–Trinajstić information content (AvgIpc) is 2.66. The lowest BCUT2D eigenvalue weighted by molar-refractivity contribution is 0.162. The van der Waals surface area contributed by atoms with Gasteiger partial charge < -0.3 is 9.64 Å². The Kier molecular flexibility index (Phi) is 6.87. The first-order valence-corrected chi connectivity index (χ1v) is 9.44. The van der Waals surface area contributed by atoms with Crippen molar-refractivity contribution in [3.8, 4) is 5.75 Å². The van der Waals surface area contributed by atoms with Crippen LogP contribution in [0.25, 0.3) is 0 Å². The zero-order chi connectivity index (χ0) is 17.3. The highest BCUT2D eigenvalue weighted by Gasteiger charge is 2.18. The molecule has 1 saturated heterocycles. The van der Waals surface area contributed by atoms with Gasteiger partial charge in [-0.1, -0.05) is 30.3 Å². The summed E-state index contributed by atoms with van der Waals surface area (Å²) in [5.74, 6) is 1.30. The molecule has 2 nitrogen and oxygen atoms in total. The van der Waals surface area contributed by atoms with Crippen molar-refractivity contribution >= 4 is 0 Å². The molecule has 1 aliphatic rings. The summed E-state index contributed by atoms with van der Waals surface area (Å²) in [5, 5.41) is 0. The summed E-state index contributed by atoms with van der Waals surface area (Å²) in [6.45, 7) is 4.34. The van der Waals surface area contributed by atoms with Crippen LogP contribution >= 0.6 is 0 Å². The molecular formula is C22H28FNO. The molecule has 0 spiro atoms. The second-order valence-electron chi connectivity index (χ2n) is 6.97. The summed E-state index contributed by atoms with van der Waals surface area (Å²) >= 11 is 0. The van der Waals surface area contributed by atoms with Gasteiger partial charge in [-0.25, -0.2) is 4.39 Å². The molecule has 0 bridgehead atoms. The molecule has 0 aromatic heterocycles. The number of ether oxygens (including phenoxy) is 1. The fourth-order valence-corrected chi connectivity index (χ4v) is 3.52. The molecule has 2 aromatic rings. The van der Waals surface area contributed by atoms with Gasteiger partial charge in [-0.3, -0.25) is 0 Å². The van der Waals surface area contributed by atoms with Gasteiger partial charge in [0.05, 0.1) is 6.61 Å². The van der Waals surface area contributed by atoms with Gasteiger partial charge in [-0.15, -0.1) is 0 Å². The van der Waals surface area contributed by atoms with Crippen LogP contribution in [0.2, 0.25) is 0 Å². The standard InChI is InChI=1S/C22H28FNO/c23-21-8-10-22(11-9-21)25-18-14-20-12-16-24(17-13-20)15-4-7-19-5-2-1-3-6-19/h1-3,5-6,8-11,20H,4,7,12-18H2. The van der Waals surface area contributed by atoms with Crippen LogP contribution in [0, 0.1) is 11.7 Å². The zero-order valence-electron chi connectivity index (χ0n) is 14.9. The third-order valence-corrected chi connectivity index (χ3v) is 5.10. The van der Waals surface area contributed by atoms with Gasteiger partial charge in [0.25, 0.3) is 0 Å². The Morgan fingerprint density at radius 1 is 0.960 bits per heavy atom. The van der Waals surface area contributed by atoms with Crippen LogP contribution in [-0.4, -0.2) is 31.1 Å². The second kappa shape index (κ2) is 9.57. The first kappa shape index (κ1) is 17.9. The van der Waals surface area contributed by atoms with E-state index < -0.39 is 0 Å². The molecule has 0 amide bonds. The van der Waals surface area contributed by atoms with Gasteiger partial charge in [0, 0.05) is 0 Å². The van der Waals surface area contributed by atoms with Gasteiger partial charge in [-0.05, 0) is 87.5 Å². The Balaban J connectivity index is 1.27. The maximum absolute atomic E-state index is 12.9. The third kappa shape index (κ3) is 6.17. The van der Waals surface area contributed by atoms with E-state index in [0.717, 1.165) is 24.7 Å². The lowest BCUT2D eigenvalue weighted by atomic mass is 9.94. The monoisotopic (exact) mass is 341 g/mol. The number of likely N-dealkylation sites (tertiary alicyclic amines) is 1. The Morgan fingerprint density at radius 2 is 1.68 bits per heavy atom. The van der Waals surface area contributed by atoms with Crippen molar-refractivity contribution in [1.82, 2.24) is 4.90 Å². The maximum atomic E-state index is 12.9. The molecule has 0 unspecified atom stereocenters. The molecule has 0 radical (unpaired) electrons. The third-order valence-electron chi connectivity index (χ3n) is 5.10. The first-order valence-electron chi connectivity index (χ1n) is 9.44. The van der Waals surface area contributed by atoms with Crippen LogP contribution in [-0.2, 0) is 6.42 Å². The molecule has 0 saturated carbocycles. The van der Waals surface area contributed by atoms with E-state index in [2.05, 4.69) is 35.2 Å². The van der Waals surface area contributed by atoms with E-state index in [1.54, 1.807) is 12.1 Å². The van der Waals surface area contributed by atoms with Gasteiger partial charge in [0.2, 0.25) is 0 Å². The number of aryl methyl sites for hydroxylation is 1. The van der Waals surface area contributed by atoms with Crippen molar-refractivity contribution in [2.24, 2.45) is 5.92 Å². The second-order valence-corrected chi connectivity index (χ2v) is 6.97. The van der Waals surface area contributed by atoms with E-state index in [9.17, 15) is 4.39 Å². The van der Waals surface area contributed by atoms with Crippen molar-refractivity contribution in [3.05, 3.63) is 66.0 Å². The molecule has 1 heterocycles. The van der Waals surface area contributed by atoms with Crippen LogP contribution in [0.15, 0.2) is 54.6 Å². The topological polar surface area (TPSA) is 12.5 Å². The number of benzene rings is 2. The summed E-state index contributed by atoms with van der Waals surface area (Å²) in [7, 11) is 0. The summed E-state index contributed by atoms with van der Waals surface area (Å²) in [5.41, 5.74) is 1.44. The lowest BCUT2D eigenvalue weighted by Crippen LogP contribution is -2.35. The fraction of sp³-hybridized carbons (Fsp3) is 0.455. The van der Waals surface area contributed by atoms with Gasteiger partial charge in [0.15, 0.2) is 0 Å². The van der Waals surface area contributed by atoms with Crippen LogP contribution < -0.4 is 4.74 Å². The number of piperidine rings is 1. The Bertz CT molecular complexity index is 606. The van der Waals surface area contributed by atoms with E-state index in [0.29, 0.717) is 0 Å². The van der Waals surface area contributed by atoms with Gasteiger partial charge >= 0.3 is 0 Å². The quantitative estimate of drug-likeness (QED) is 0.674. The van der Waals surface area contributed by atoms with E-state index in [4.69, 9.17) is 4.74 Å². The molecule has 134 valence electrons. The summed E-state index contributed by atoms with van der Waals surface area (Å²) in [6, 6.07) is 17.0. The highest BCUT2D eigenvalue weighted by molar-refractivity contribution is 5.22. The number of nitrogens with zero attached hydrogens (tertiary/aromatic N) is 1. The van der Waals surface area contributed by atoms with E-state index in [1.807, 2.05) is 0 Å². The zero-order valence-corrected chi connectivity index (χ0v) is 14.9. The molecular weight excluding hydrogens is 313 g/mol. The van der Waals surface area contributed by atoms with Crippen molar-refractivity contribution in [2.75, 3.05) is 26.2 Å². The maximum Gasteiger partial charge on any atom is 0.123 e. The Morgan fingerprint density at radius 3 is 2.40 bits per heavy atom. The van der Waals surface area contributed by atoms with Gasteiger partial charge in [-0.2, -0.15) is 0 Å². The molecule has 0 N–H and O–H groups in total. The Labute approximate surface area is 150 Å².